The Morgan fingerprint density at radius 1 is 1.29 bits per heavy atom. The van der Waals surface area contributed by atoms with Gasteiger partial charge >= 0.3 is 0 Å². The van der Waals surface area contributed by atoms with E-state index in [1.54, 1.807) is 0 Å². The van der Waals surface area contributed by atoms with Crippen LogP contribution in [-0.4, -0.2) is 29.8 Å². The Labute approximate surface area is 104 Å². The normalized spacial score (nSPS) is 18.5. The van der Waals surface area contributed by atoms with Crippen LogP contribution >= 0.6 is 0 Å². The van der Waals surface area contributed by atoms with Crippen molar-refractivity contribution in [3.05, 3.63) is 35.9 Å². The molecule has 2 nitrogen and oxygen atoms in total. The van der Waals surface area contributed by atoms with Crippen LogP contribution in [0.25, 0.3) is 0 Å². The van der Waals surface area contributed by atoms with Gasteiger partial charge in [0, 0.05) is 19.0 Å². The Bertz CT molecular complexity index is 360. The molecule has 0 saturated carbocycles. The second-order valence-corrected chi connectivity index (χ2v) is 4.89. The summed E-state index contributed by atoms with van der Waals surface area (Å²) in [5, 5.41) is 0. The Hall–Kier alpha value is -1.15. The van der Waals surface area contributed by atoms with Crippen molar-refractivity contribution in [2.75, 3.05) is 13.1 Å². The maximum absolute atomic E-state index is 11.4. The third kappa shape index (κ3) is 3.40. The number of nitrogens with zero attached hydrogens (tertiary/aromatic N) is 1. The minimum absolute atomic E-state index is 0.402. The number of hydrogen-bond acceptors (Lipinski definition) is 2. The third-order valence-electron chi connectivity index (χ3n) is 3.51. The molecule has 1 atom stereocenters. The first-order chi connectivity index (χ1) is 8.29. The number of likely N-dealkylation sites (tertiary alicyclic amines) is 1. The standard InChI is InChI=1S/C15H21NO/c1-2-6-14(16-10-9-15(17)12-16)11-13-7-4-3-5-8-13/h3-5,7-8,14H,2,6,9-12H2,1H3. The lowest BCUT2D eigenvalue weighted by molar-refractivity contribution is -0.117. The van der Waals surface area contributed by atoms with Crippen molar-refractivity contribution in [3.8, 4) is 0 Å². The smallest absolute Gasteiger partial charge is 0.148 e. The summed E-state index contributed by atoms with van der Waals surface area (Å²) in [6.45, 7) is 3.84. The predicted octanol–water partition coefficient (Wildman–Crippen LogP) is 2.67. The molecule has 0 aliphatic carbocycles. The van der Waals surface area contributed by atoms with Crippen LogP contribution in [0.1, 0.15) is 31.7 Å². The van der Waals surface area contributed by atoms with E-state index < -0.39 is 0 Å². The lowest BCUT2D eigenvalue weighted by Gasteiger charge is -2.26. The minimum Gasteiger partial charge on any atom is -0.298 e. The molecule has 1 aromatic rings. The number of Topliss-reactive ketones (excluding diaryl/α,β-unsaturated/α-hetero) is 1. The summed E-state index contributed by atoms with van der Waals surface area (Å²) in [7, 11) is 0. The molecule has 0 aromatic heterocycles. The molecule has 1 aliphatic heterocycles. The number of ketones is 1. The lowest BCUT2D eigenvalue weighted by Crippen LogP contribution is -2.35. The molecule has 2 heteroatoms. The van der Waals surface area contributed by atoms with Crippen LogP contribution < -0.4 is 0 Å². The van der Waals surface area contributed by atoms with Gasteiger partial charge in [0.1, 0.15) is 5.78 Å². The summed E-state index contributed by atoms with van der Waals surface area (Å²) >= 11 is 0. The van der Waals surface area contributed by atoms with Gasteiger partial charge in [0.25, 0.3) is 0 Å². The molecule has 0 spiro atoms. The van der Waals surface area contributed by atoms with E-state index >= 15 is 0 Å². The maximum atomic E-state index is 11.4. The highest BCUT2D eigenvalue weighted by atomic mass is 16.1. The van der Waals surface area contributed by atoms with Gasteiger partial charge in [0.2, 0.25) is 0 Å². The third-order valence-corrected chi connectivity index (χ3v) is 3.51. The molecule has 2 rings (SSSR count). The van der Waals surface area contributed by atoms with Gasteiger partial charge < -0.3 is 0 Å². The first-order valence-corrected chi connectivity index (χ1v) is 6.59. The fourth-order valence-corrected chi connectivity index (χ4v) is 2.60. The van der Waals surface area contributed by atoms with Crippen molar-refractivity contribution in [2.45, 2.75) is 38.6 Å². The van der Waals surface area contributed by atoms with Crippen LogP contribution in [0.3, 0.4) is 0 Å². The second-order valence-electron chi connectivity index (χ2n) is 4.89. The highest BCUT2D eigenvalue weighted by Gasteiger charge is 2.25. The number of rotatable bonds is 5. The summed E-state index contributed by atoms with van der Waals surface area (Å²) in [4.78, 5) is 13.7. The Morgan fingerprint density at radius 3 is 2.65 bits per heavy atom. The second kappa shape index (κ2) is 5.97. The van der Waals surface area contributed by atoms with Crippen LogP contribution in [0.15, 0.2) is 30.3 Å². The van der Waals surface area contributed by atoms with E-state index in [0.717, 1.165) is 19.4 Å². The average Bonchev–Trinajstić information content (AvgIpc) is 2.77. The van der Waals surface area contributed by atoms with Crippen LogP contribution in [-0.2, 0) is 11.2 Å². The van der Waals surface area contributed by atoms with Crippen molar-refractivity contribution in [1.29, 1.82) is 0 Å². The number of benzene rings is 1. The summed E-state index contributed by atoms with van der Waals surface area (Å²) in [6.07, 6.45) is 4.18. The largest absolute Gasteiger partial charge is 0.298 e. The quantitative estimate of drug-likeness (QED) is 0.776. The molecule has 1 fully saturated rings. The van der Waals surface area contributed by atoms with E-state index in [1.807, 2.05) is 0 Å². The highest BCUT2D eigenvalue weighted by Crippen LogP contribution is 2.17. The van der Waals surface area contributed by atoms with Crippen molar-refractivity contribution in [1.82, 2.24) is 4.90 Å². The van der Waals surface area contributed by atoms with Crippen LogP contribution in [0.5, 0.6) is 0 Å². The van der Waals surface area contributed by atoms with Gasteiger partial charge in [-0.3, -0.25) is 9.69 Å². The SMILES string of the molecule is CCCC(Cc1ccccc1)N1CCC(=O)C1. The molecule has 0 bridgehead atoms. The van der Waals surface area contributed by atoms with Gasteiger partial charge in [-0.15, -0.1) is 0 Å². The Kier molecular flexibility index (Phi) is 4.32. The number of carbonyl (C=O) groups is 1. The van der Waals surface area contributed by atoms with Gasteiger partial charge in [0.15, 0.2) is 0 Å². The van der Waals surface area contributed by atoms with E-state index in [0.29, 0.717) is 18.4 Å². The molecule has 0 N–H and O–H groups in total. The highest BCUT2D eigenvalue weighted by molar-refractivity contribution is 5.82. The van der Waals surface area contributed by atoms with Crippen LogP contribution in [0.4, 0.5) is 0 Å². The van der Waals surface area contributed by atoms with E-state index in [4.69, 9.17) is 0 Å². The van der Waals surface area contributed by atoms with E-state index in [9.17, 15) is 4.79 Å². The zero-order valence-corrected chi connectivity index (χ0v) is 10.6. The molecule has 1 heterocycles. The minimum atomic E-state index is 0.402. The number of hydrogen-bond donors (Lipinski definition) is 0. The molecule has 92 valence electrons. The average molecular weight is 231 g/mol. The molecule has 0 radical (unpaired) electrons. The molecular formula is C15H21NO. The first-order valence-electron chi connectivity index (χ1n) is 6.59. The van der Waals surface area contributed by atoms with Crippen molar-refractivity contribution >= 4 is 5.78 Å². The maximum Gasteiger partial charge on any atom is 0.148 e. The molecule has 1 saturated heterocycles. The fourth-order valence-electron chi connectivity index (χ4n) is 2.60. The van der Waals surface area contributed by atoms with Crippen LogP contribution in [0.2, 0.25) is 0 Å². The van der Waals surface area contributed by atoms with E-state index in [2.05, 4.69) is 42.2 Å². The zero-order valence-electron chi connectivity index (χ0n) is 10.6. The summed E-state index contributed by atoms with van der Waals surface area (Å²) < 4.78 is 0. The molecular weight excluding hydrogens is 210 g/mol. The van der Waals surface area contributed by atoms with Gasteiger partial charge in [0.05, 0.1) is 6.54 Å². The number of carbonyl (C=O) groups excluding carboxylic acids is 1. The van der Waals surface area contributed by atoms with Crippen LogP contribution in [0, 0.1) is 0 Å². The van der Waals surface area contributed by atoms with Gasteiger partial charge in [-0.2, -0.15) is 0 Å². The van der Waals surface area contributed by atoms with E-state index in [1.165, 1.54) is 18.4 Å². The van der Waals surface area contributed by atoms with Crippen molar-refractivity contribution < 1.29 is 4.79 Å². The molecule has 0 amide bonds. The zero-order chi connectivity index (χ0) is 12.1. The summed E-state index contributed by atoms with van der Waals surface area (Å²) in [6, 6.07) is 11.1. The monoisotopic (exact) mass is 231 g/mol. The van der Waals surface area contributed by atoms with Gasteiger partial charge in [-0.25, -0.2) is 0 Å². The summed E-state index contributed by atoms with van der Waals surface area (Å²) in [5.41, 5.74) is 1.38. The lowest BCUT2D eigenvalue weighted by atomic mass is 10.0. The van der Waals surface area contributed by atoms with Gasteiger partial charge in [-0.1, -0.05) is 43.7 Å². The van der Waals surface area contributed by atoms with E-state index in [-0.39, 0.29) is 0 Å². The topological polar surface area (TPSA) is 20.3 Å². The van der Waals surface area contributed by atoms with Crippen molar-refractivity contribution in [2.24, 2.45) is 0 Å². The fraction of sp³-hybridized carbons (Fsp3) is 0.533. The molecule has 1 aromatic carbocycles. The van der Waals surface area contributed by atoms with Gasteiger partial charge in [-0.05, 0) is 18.4 Å². The van der Waals surface area contributed by atoms with Crippen molar-refractivity contribution in [3.63, 3.8) is 0 Å². The molecule has 17 heavy (non-hydrogen) atoms. The Morgan fingerprint density at radius 2 is 2.06 bits per heavy atom. The summed E-state index contributed by atoms with van der Waals surface area (Å²) in [5.74, 6) is 0.402. The first kappa shape index (κ1) is 12.3. The Balaban J connectivity index is 2.00. The molecule has 1 unspecified atom stereocenters. The molecule has 1 aliphatic rings. The predicted molar refractivity (Wildman–Crippen MR) is 70.0 cm³/mol.